The summed E-state index contributed by atoms with van der Waals surface area (Å²) in [4.78, 5) is 0. The number of rotatable bonds is 3. The molecule has 4 unspecified atom stereocenters. The van der Waals surface area contributed by atoms with Gasteiger partial charge in [0.1, 0.15) is 0 Å². The average Bonchev–Trinajstić information content (AvgIpc) is 2.22. The van der Waals surface area contributed by atoms with Crippen LogP contribution in [0.4, 0.5) is 0 Å². The molecule has 0 aromatic carbocycles. The van der Waals surface area contributed by atoms with E-state index in [1.54, 1.807) is 0 Å². The minimum Gasteiger partial charge on any atom is -0.392 e. The Balaban J connectivity index is 2.83. The minimum absolute atomic E-state index is 0.0783. The van der Waals surface area contributed by atoms with E-state index < -0.39 is 0 Å². The highest BCUT2D eigenvalue weighted by molar-refractivity contribution is 5.11. The van der Waals surface area contributed by atoms with Crippen LogP contribution in [-0.2, 0) is 0 Å². The normalized spacial score (nSPS) is 35.9. The van der Waals surface area contributed by atoms with E-state index in [4.69, 9.17) is 0 Å². The summed E-state index contributed by atoms with van der Waals surface area (Å²) in [5.41, 5.74) is 1.56. The molecule has 0 saturated heterocycles. The van der Waals surface area contributed by atoms with Crippen molar-refractivity contribution in [3.63, 3.8) is 0 Å². The zero-order chi connectivity index (χ0) is 11.6. The quantitative estimate of drug-likeness (QED) is 0.703. The Bertz CT molecular complexity index is 244. The van der Waals surface area contributed by atoms with Crippen LogP contribution in [0.5, 0.6) is 0 Å². The van der Waals surface area contributed by atoms with Crippen LogP contribution < -0.4 is 0 Å². The number of aliphatic hydroxyl groups excluding tert-OH is 1. The maximum absolute atomic E-state index is 10.4. The Morgan fingerprint density at radius 2 is 2.20 bits per heavy atom. The fourth-order valence-corrected chi connectivity index (χ4v) is 2.69. The van der Waals surface area contributed by atoms with Gasteiger partial charge >= 0.3 is 0 Å². The molecule has 0 fully saturated rings. The maximum Gasteiger partial charge on any atom is 0.0624 e. The lowest BCUT2D eigenvalue weighted by Crippen LogP contribution is -2.42. The first kappa shape index (κ1) is 12.8. The molecular weight excluding hydrogens is 184 g/mol. The second-order valence-electron chi connectivity index (χ2n) is 5.64. The Morgan fingerprint density at radius 1 is 1.60 bits per heavy atom. The van der Waals surface area contributed by atoms with Gasteiger partial charge in [0.15, 0.2) is 0 Å². The van der Waals surface area contributed by atoms with Gasteiger partial charge in [-0.2, -0.15) is 0 Å². The fourth-order valence-electron chi connectivity index (χ4n) is 2.69. The summed E-state index contributed by atoms with van der Waals surface area (Å²) in [7, 11) is 0. The van der Waals surface area contributed by atoms with Crippen molar-refractivity contribution in [2.45, 2.75) is 60.0 Å². The highest BCUT2D eigenvalue weighted by Crippen LogP contribution is 2.44. The summed E-state index contributed by atoms with van der Waals surface area (Å²) in [6.45, 7) is 11.0. The third-order valence-corrected chi connectivity index (χ3v) is 4.49. The molecule has 1 nitrogen and oxygen atoms in total. The maximum atomic E-state index is 10.4. The third-order valence-electron chi connectivity index (χ3n) is 4.49. The zero-order valence-electron chi connectivity index (χ0n) is 10.9. The molecule has 0 bridgehead atoms. The van der Waals surface area contributed by atoms with Crippen molar-refractivity contribution in [3.05, 3.63) is 11.6 Å². The molecule has 88 valence electrons. The second kappa shape index (κ2) is 4.69. The Hall–Kier alpha value is -0.300. The van der Waals surface area contributed by atoms with Gasteiger partial charge in [0.2, 0.25) is 0 Å². The summed E-state index contributed by atoms with van der Waals surface area (Å²) in [6.07, 6.45) is 5.51. The Morgan fingerprint density at radius 3 is 2.67 bits per heavy atom. The van der Waals surface area contributed by atoms with Crippen molar-refractivity contribution in [1.82, 2.24) is 0 Å². The molecule has 0 radical (unpaired) electrons. The van der Waals surface area contributed by atoms with E-state index in [0.29, 0.717) is 11.8 Å². The van der Waals surface area contributed by atoms with Crippen molar-refractivity contribution < 1.29 is 5.11 Å². The predicted octanol–water partition coefficient (Wildman–Crippen LogP) is 3.78. The van der Waals surface area contributed by atoms with Crippen molar-refractivity contribution in [2.24, 2.45) is 17.3 Å². The molecule has 0 aliphatic heterocycles. The topological polar surface area (TPSA) is 20.2 Å². The third kappa shape index (κ3) is 2.44. The monoisotopic (exact) mass is 210 g/mol. The molecule has 0 saturated carbocycles. The van der Waals surface area contributed by atoms with E-state index in [2.05, 4.69) is 40.7 Å². The lowest BCUT2D eigenvalue weighted by Gasteiger charge is -2.44. The lowest BCUT2D eigenvalue weighted by atomic mass is 9.63. The van der Waals surface area contributed by atoms with Crippen LogP contribution in [-0.4, -0.2) is 11.2 Å². The van der Waals surface area contributed by atoms with Crippen LogP contribution in [0.2, 0.25) is 0 Å². The summed E-state index contributed by atoms with van der Waals surface area (Å²) >= 11 is 0. The van der Waals surface area contributed by atoms with Crippen LogP contribution in [0, 0.1) is 17.3 Å². The first-order valence-electron chi connectivity index (χ1n) is 6.27. The van der Waals surface area contributed by atoms with Crippen LogP contribution in [0.15, 0.2) is 11.6 Å². The van der Waals surface area contributed by atoms with Gasteiger partial charge in [0.25, 0.3) is 0 Å². The van der Waals surface area contributed by atoms with Crippen LogP contribution >= 0.6 is 0 Å². The summed E-state index contributed by atoms with van der Waals surface area (Å²) in [5.74, 6) is 0.902. The van der Waals surface area contributed by atoms with Crippen LogP contribution in [0.1, 0.15) is 53.9 Å². The molecule has 1 N–H and O–H groups in total. The van der Waals surface area contributed by atoms with Crippen LogP contribution in [0.25, 0.3) is 0 Å². The van der Waals surface area contributed by atoms with Crippen molar-refractivity contribution in [2.75, 3.05) is 0 Å². The Labute approximate surface area is 94.6 Å². The second-order valence-corrected chi connectivity index (χ2v) is 5.64. The summed E-state index contributed by atoms with van der Waals surface area (Å²) in [6, 6.07) is 0. The molecule has 0 aromatic rings. The molecule has 1 aliphatic carbocycles. The molecular formula is C14H26O. The van der Waals surface area contributed by atoms with E-state index in [0.717, 1.165) is 19.3 Å². The molecule has 0 amide bonds. The molecule has 0 heterocycles. The number of hydrogen-bond donors (Lipinski definition) is 1. The zero-order valence-corrected chi connectivity index (χ0v) is 10.9. The smallest absolute Gasteiger partial charge is 0.0624 e. The van der Waals surface area contributed by atoms with E-state index in [1.807, 2.05) is 0 Å². The molecule has 0 spiro atoms. The van der Waals surface area contributed by atoms with Crippen molar-refractivity contribution in [3.8, 4) is 0 Å². The molecule has 1 aliphatic rings. The summed E-state index contributed by atoms with van der Waals surface area (Å²) < 4.78 is 0. The van der Waals surface area contributed by atoms with E-state index in [-0.39, 0.29) is 11.5 Å². The summed E-state index contributed by atoms with van der Waals surface area (Å²) in [5, 5.41) is 10.4. The van der Waals surface area contributed by atoms with Gasteiger partial charge in [0.05, 0.1) is 6.10 Å². The lowest BCUT2D eigenvalue weighted by molar-refractivity contribution is -0.0350. The van der Waals surface area contributed by atoms with Gasteiger partial charge in [-0.05, 0) is 31.6 Å². The largest absolute Gasteiger partial charge is 0.392 e. The first-order chi connectivity index (χ1) is 6.91. The molecule has 0 aromatic heterocycles. The molecule has 1 rings (SSSR count). The molecule has 4 atom stereocenters. The minimum atomic E-state index is -0.165. The average molecular weight is 210 g/mol. The molecule has 15 heavy (non-hydrogen) atoms. The Kier molecular flexibility index (Phi) is 3.99. The predicted molar refractivity (Wildman–Crippen MR) is 65.7 cm³/mol. The molecule has 1 heteroatoms. The standard InChI is InChI=1S/C14H26O/c1-6-11(3)13(15)14(5)8-7-10(2)9-12(14)4/h9,11-13,15H,6-8H2,1-5H3. The van der Waals surface area contributed by atoms with E-state index >= 15 is 0 Å². The van der Waals surface area contributed by atoms with Gasteiger partial charge in [0, 0.05) is 5.41 Å². The SMILES string of the molecule is CCC(C)C(O)C1(C)CCC(C)=CC1C. The highest BCUT2D eigenvalue weighted by atomic mass is 16.3. The van der Waals surface area contributed by atoms with E-state index in [9.17, 15) is 5.11 Å². The van der Waals surface area contributed by atoms with Crippen LogP contribution in [0.3, 0.4) is 0 Å². The number of allylic oxidation sites excluding steroid dienone is 2. The number of aliphatic hydroxyl groups is 1. The first-order valence-corrected chi connectivity index (χ1v) is 6.27. The van der Waals surface area contributed by atoms with Gasteiger partial charge in [-0.3, -0.25) is 0 Å². The van der Waals surface area contributed by atoms with Crippen molar-refractivity contribution in [1.29, 1.82) is 0 Å². The van der Waals surface area contributed by atoms with Crippen molar-refractivity contribution >= 4 is 0 Å². The number of hydrogen-bond acceptors (Lipinski definition) is 1. The van der Waals surface area contributed by atoms with Gasteiger partial charge < -0.3 is 5.11 Å². The van der Waals surface area contributed by atoms with Gasteiger partial charge in [-0.1, -0.05) is 45.8 Å². The highest BCUT2D eigenvalue weighted by Gasteiger charge is 2.40. The van der Waals surface area contributed by atoms with Gasteiger partial charge in [-0.15, -0.1) is 0 Å². The van der Waals surface area contributed by atoms with Gasteiger partial charge in [-0.25, -0.2) is 0 Å². The fraction of sp³-hybridized carbons (Fsp3) is 0.857. The van der Waals surface area contributed by atoms with E-state index in [1.165, 1.54) is 5.57 Å².